The first-order chi connectivity index (χ1) is 13.6. The van der Waals surface area contributed by atoms with E-state index in [1.165, 1.54) is 6.92 Å². The third-order valence-electron chi connectivity index (χ3n) is 4.20. The number of carbonyl (C=O) groups excluding carboxylic acids is 3. The predicted octanol–water partition coefficient (Wildman–Crippen LogP) is 3.94. The van der Waals surface area contributed by atoms with Gasteiger partial charge in [0, 0.05) is 5.69 Å². The molecule has 0 unspecified atom stereocenters. The minimum atomic E-state index is -0.933. The number of anilines is 1. The molecule has 0 radical (unpaired) electrons. The lowest BCUT2D eigenvalue weighted by Gasteiger charge is -2.19. The van der Waals surface area contributed by atoms with E-state index in [2.05, 4.69) is 31.4 Å². The summed E-state index contributed by atoms with van der Waals surface area (Å²) in [6.07, 6.45) is 0. The Bertz CT molecular complexity index is 888. The molecule has 0 spiro atoms. The molecule has 0 aliphatic rings. The molecule has 0 fully saturated rings. The summed E-state index contributed by atoms with van der Waals surface area (Å²) in [4.78, 5) is 36.2. The van der Waals surface area contributed by atoms with Crippen LogP contribution in [0.15, 0.2) is 48.5 Å². The van der Waals surface area contributed by atoms with E-state index in [9.17, 15) is 14.4 Å². The number of esters is 1. The average molecular weight is 417 g/mol. The van der Waals surface area contributed by atoms with E-state index in [4.69, 9.17) is 16.3 Å². The van der Waals surface area contributed by atoms with Gasteiger partial charge in [0.25, 0.3) is 11.8 Å². The maximum atomic E-state index is 12.2. The molecule has 1 atom stereocenters. The van der Waals surface area contributed by atoms with Crippen LogP contribution >= 0.6 is 11.6 Å². The second kappa shape index (κ2) is 9.56. The molecule has 0 aliphatic heterocycles. The molecule has 6 nitrogen and oxygen atoms in total. The zero-order valence-electron chi connectivity index (χ0n) is 16.9. The van der Waals surface area contributed by atoms with Gasteiger partial charge in [-0.1, -0.05) is 56.6 Å². The molecule has 0 aromatic heterocycles. The van der Waals surface area contributed by atoms with Gasteiger partial charge in [0.1, 0.15) is 6.04 Å². The van der Waals surface area contributed by atoms with Crippen LogP contribution in [0.3, 0.4) is 0 Å². The summed E-state index contributed by atoms with van der Waals surface area (Å²) in [5, 5.41) is 5.45. The van der Waals surface area contributed by atoms with Crippen molar-refractivity contribution in [3.05, 3.63) is 64.7 Å². The fourth-order valence-electron chi connectivity index (χ4n) is 2.49. The Morgan fingerprint density at radius 3 is 2.24 bits per heavy atom. The van der Waals surface area contributed by atoms with Crippen LogP contribution in [-0.2, 0) is 19.7 Å². The highest BCUT2D eigenvalue weighted by Crippen LogP contribution is 2.23. The van der Waals surface area contributed by atoms with Crippen LogP contribution < -0.4 is 10.6 Å². The van der Waals surface area contributed by atoms with Crippen LogP contribution in [0.5, 0.6) is 0 Å². The van der Waals surface area contributed by atoms with E-state index in [-0.39, 0.29) is 16.0 Å². The molecule has 2 amide bonds. The first-order valence-corrected chi connectivity index (χ1v) is 9.58. The van der Waals surface area contributed by atoms with Crippen LogP contribution in [0.25, 0.3) is 0 Å². The van der Waals surface area contributed by atoms with E-state index in [1.54, 1.807) is 36.4 Å². The third kappa shape index (κ3) is 6.61. The van der Waals surface area contributed by atoms with E-state index < -0.39 is 30.4 Å². The van der Waals surface area contributed by atoms with Crippen LogP contribution in [0.2, 0.25) is 5.02 Å². The fraction of sp³-hybridized carbons (Fsp3) is 0.318. The number of amides is 2. The smallest absolute Gasteiger partial charge is 0.328 e. The largest absolute Gasteiger partial charge is 0.454 e. The maximum Gasteiger partial charge on any atom is 0.328 e. The van der Waals surface area contributed by atoms with Crippen LogP contribution in [0, 0.1) is 0 Å². The molecule has 2 rings (SSSR count). The van der Waals surface area contributed by atoms with E-state index in [0.29, 0.717) is 5.69 Å². The quantitative estimate of drug-likeness (QED) is 0.698. The summed E-state index contributed by atoms with van der Waals surface area (Å²) < 4.78 is 4.98. The maximum absolute atomic E-state index is 12.2. The molecule has 0 bridgehead atoms. The second-order valence-corrected chi connectivity index (χ2v) is 8.07. The van der Waals surface area contributed by atoms with E-state index >= 15 is 0 Å². The highest BCUT2D eigenvalue weighted by atomic mass is 35.5. The van der Waals surface area contributed by atoms with Crippen molar-refractivity contribution in [2.75, 3.05) is 11.9 Å². The summed E-state index contributed by atoms with van der Waals surface area (Å²) in [5.41, 5.74) is 2.03. The summed E-state index contributed by atoms with van der Waals surface area (Å²) >= 11 is 5.97. The Hall–Kier alpha value is -2.86. The number of ether oxygens (including phenoxy) is 1. The summed E-state index contributed by atoms with van der Waals surface area (Å²) in [6.45, 7) is 7.33. The minimum absolute atomic E-state index is 0.0165. The Balaban J connectivity index is 1.82. The Morgan fingerprint density at radius 2 is 1.66 bits per heavy atom. The number of benzene rings is 2. The van der Waals surface area contributed by atoms with Gasteiger partial charge in [-0.3, -0.25) is 9.59 Å². The van der Waals surface area contributed by atoms with Gasteiger partial charge in [0.2, 0.25) is 0 Å². The van der Waals surface area contributed by atoms with Gasteiger partial charge in [-0.15, -0.1) is 0 Å². The van der Waals surface area contributed by atoms with Gasteiger partial charge in [-0.2, -0.15) is 0 Å². The van der Waals surface area contributed by atoms with Crippen molar-refractivity contribution in [3.63, 3.8) is 0 Å². The molecule has 2 N–H and O–H groups in total. The summed E-state index contributed by atoms with van der Waals surface area (Å²) in [7, 11) is 0. The van der Waals surface area contributed by atoms with Gasteiger partial charge in [-0.25, -0.2) is 4.79 Å². The minimum Gasteiger partial charge on any atom is -0.454 e. The Kier molecular flexibility index (Phi) is 7.40. The second-order valence-electron chi connectivity index (χ2n) is 7.66. The van der Waals surface area contributed by atoms with Crippen molar-refractivity contribution in [1.82, 2.24) is 5.32 Å². The molecule has 0 aliphatic carbocycles. The molecule has 0 saturated carbocycles. The molecule has 0 heterocycles. The first-order valence-electron chi connectivity index (χ1n) is 9.20. The van der Waals surface area contributed by atoms with Crippen LogP contribution in [0.1, 0.15) is 43.6 Å². The SMILES string of the molecule is C[C@H](NC(=O)c1ccccc1Cl)C(=O)OCC(=O)Nc1ccc(C(C)(C)C)cc1. The molecule has 0 saturated heterocycles. The molecule has 29 heavy (non-hydrogen) atoms. The van der Waals surface area contributed by atoms with Crippen molar-refractivity contribution < 1.29 is 19.1 Å². The summed E-state index contributed by atoms with van der Waals surface area (Å²) in [6, 6.07) is 13.0. The van der Waals surface area contributed by atoms with Gasteiger partial charge in [0.15, 0.2) is 6.61 Å². The zero-order chi connectivity index (χ0) is 21.6. The Labute approximate surface area is 175 Å². The van der Waals surface area contributed by atoms with E-state index in [0.717, 1.165) is 5.56 Å². The molecule has 154 valence electrons. The lowest BCUT2D eigenvalue weighted by atomic mass is 9.87. The number of carbonyl (C=O) groups is 3. The lowest BCUT2D eigenvalue weighted by molar-refractivity contribution is -0.148. The first kappa shape index (κ1) is 22.4. The van der Waals surface area contributed by atoms with Crippen molar-refractivity contribution in [2.24, 2.45) is 0 Å². The fourth-order valence-corrected chi connectivity index (χ4v) is 2.71. The number of nitrogens with one attached hydrogen (secondary N) is 2. The van der Waals surface area contributed by atoms with Gasteiger partial charge < -0.3 is 15.4 Å². The lowest BCUT2D eigenvalue weighted by Crippen LogP contribution is -2.40. The molecular weight excluding hydrogens is 392 g/mol. The number of rotatable bonds is 6. The molecule has 7 heteroatoms. The summed E-state index contributed by atoms with van der Waals surface area (Å²) in [5.74, 6) is -1.68. The average Bonchev–Trinajstić information content (AvgIpc) is 2.66. The third-order valence-corrected chi connectivity index (χ3v) is 4.53. The monoisotopic (exact) mass is 416 g/mol. The van der Waals surface area contributed by atoms with Crippen molar-refractivity contribution in [2.45, 2.75) is 39.2 Å². The van der Waals surface area contributed by atoms with Crippen molar-refractivity contribution in [1.29, 1.82) is 0 Å². The Morgan fingerprint density at radius 1 is 1.03 bits per heavy atom. The number of hydrogen-bond donors (Lipinski definition) is 2. The molecule has 2 aromatic rings. The predicted molar refractivity (Wildman–Crippen MR) is 113 cm³/mol. The number of halogens is 1. The topological polar surface area (TPSA) is 84.5 Å². The normalized spacial score (nSPS) is 12.0. The van der Waals surface area contributed by atoms with Crippen molar-refractivity contribution >= 4 is 35.1 Å². The van der Waals surface area contributed by atoms with Gasteiger partial charge >= 0.3 is 5.97 Å². The zero-order valence-corrected chi connectivity index (χ0v) is 17.7. The molecular formula is C22H25ClN2O4. The standard InChI is InChI=1S/C22H25ClN2O4/c1-14(24-20(27)17-7-5-6-8-18(17)23)21(28)29-13-19(26)25-16-11-9-15(10-12-16)22(2,3)4/h5-12,14H,13H2,1-4H3,(H,24,27)(H,25,26)/t14-/m0/s1. The molecule has 2 aromatic carbocycles. The number of hydrogen-bond acceptors (Lipinski definition) is 4. The van der Waals surface area contributed by atoms with Gasteiger partial charge in [-0.05, 0) is 42.2 Å². The highest BCUT2D eigenvalue weighted by molar-refractivity contribution is 6.33. The van der Waals surface area contributed by atoms with Crippen LogP contribution in [-0.4, -0.2) is 30.4 Å². The van der Waals surface area contributed by atoms with E-state index in [1.807, 2.05) is 12.1 Å². The van der Waals surface area contributed by atoms with Crippen LogP contribution in [0.4, 0.5) is 5.69 Å². The van der Waals surface area contributed by atoms with Gasteiger partial charge in [0.05, 0.1) is 10.6 Å². The highest BCUT2D eigenvalue weighted by Gasteiger charge is 2.20. The van der Waals surface area contributed by atoms with Crippen molar-refractivity contribution in [3.8, 4) is 0 Å².